The van der Waals surface area contributed by atoms with Crippen LogP contribution in [0.1, 0.15) is 35.0 Å². The Labute approximate surface area is 115 Å². The van der Waals surface area contributed by atoms with Crippen LogP contribution in [-0.4, -0.2) is 19.9 Å². The van der Waals surface area contributed by atoms with E-state index < -0.39 is 4.92 Å². The van der Waals surface area contributed by atoms with Crippen LogP contribution in [0.15, 0.2) is 18.3 Å². The number of hydrogen-bond acceptors (Lipinski definition) is 6. The summed E-state index contributed by atoms with van der Waals surface area (Å²) in [6.45, 7) is 1.58. The zero-order valence-electron chi connectivity index (χ0n) is 10.9. The first-order chi connectivity index (χ1) is 9.58. The van der Waals surface area contributed by atoms with Crippen LogP contribution >= 0.6 is 0 Å². The number of nitrogens with zero attached hydrogens (tertiary/aromatic N) is 4. The van der Waals surface area contributed by atoms with Gasteiger partial charge in [0.1, 0.15) is 11.4 Å². The Hall–Kier alpha value is -2.57. The quantitative estimate of drug-likeness (QED) is 0.658. The summed E-state index contributed by atoms with van der Waals surface area (Å²) in [6.07, 6.45) is 3.29. The van der Waals surface area contributed by atoms with Gasteiger partial charge >= 0.3 is 5.69 Å². The van der Waals surface area contributed by atoms with Gasteiger partial charge in [-0.3, -0.25) is 15.1 Å². The molecular weight excluding hydrogens is 258 g/mol. The van der Waals surface area contributed by atoms with Crippen molar-refractivity contribution in [2.24, 2.45) is 0 Å². The lowest BCUT2D eigenvalue weighted by Crippen LogP contribution is -2.11. The molecule has 2 aromatic heterocycles. The molecule has 0 aliphatic heterocycles. The van der Waals surface area contributed by atoms with Gasteiger partial charge in [-0.25, -0.2) is 9.97 Å². The summed E-state index contributed by atoms with van der Waals surface area (Å²) in [7, 11) is 0. The predicted octanol–water partition coefficient (Wildman–Crippen LogP) is 1.75. The molecule has 0 bridgehead atoms. The van der Waals surface area contributed by atoms with Crippen LogP contribution in [0.4, 0.5) is 11.6 Å². The van der Waals surface area contributed by atoms with Gasteiger partial charge in [0.15, 0.2) is 0 Å². The summed E-state index contributed by atoms with van der Waals surface area (Å²) < 4.78 is 0. The van der Waals surface area contributed by atoms with Crippen molar-refractivity contribution in [3.63, 3.8) is 0 Å². The fraction of sp³-hybridized carbons (Fsp3) is 0.308. The topological polar surface area (TPSA) is 108 Å². The van der Waals surface area contributed by atoms with E-state index >= 15 is 0 Å². The van der Waals surface area contributed by atoms with Crippen LogP contribution in [0.5, 0.6) is 0 Å². The van der Waals surface area contributed by atoms with Crippen molar-refractivity contribution in [3.8, 4) is 0 Å². The van der Waals surface area contributed by atoms with Crippen molar-refractivity contribution in [2.75, 3.05) is 5.73 Å². The molecule has 2 N–H and O–H groups in total. The van der Waals surface area contributed by atoms with Crippen LogP contribution in [0.25, 0.3) is 0 Å². The monoisotopic (exact) mass is 271 g/mol. The highest BCUT2D eigenvalue weighted by Gasteiger charge is 2.34. The van der Waals surface area contributed by atoms with E-state index in [1.165, 1.54) is 0 Å². The number of aryl methyl sites for hydroxylation is 2. The van der Waals surface area contributed by atoms with Gasteiger partial charge in [0.25, 0.3) is 0 Å². The first-order valence-electron chi connectivity index (χ1n) is 6.30. The Balaban J connectivity index is 2.19. The third kappa shape index (κ3) is 1.87. The minimum Gasteiger partial charge on any atom is -0.368 e. The zero-order valence-corrected chi connectivity index (χ0v) is 10.9. The number of pyridine rings is 1. The molecule has 1 unspecified atom stereocenters. The average Bonchev–Trinajstić information content (AvgIpc) is 2.80. The Morgan fingerprint density at radius 3 is 2.95 bits per heavy atom. The van der Waals surface area contributed by atoms with Crippen LogP contribution in [0, 0.1) is 17.0 Å². The highest BCUT2D eigenvalue weighted by molar-refractivity contribution is 5.49. The SMILES string of the molecule is Cc1nc(N)nc(C2CCc3cccnc32)c1[N+](=O)[O-]. The summed E-state index contributed by atoms with van der Waals surface area (Å²) in [6, 6.07) is 3.86. The zero-order chi connectivity index (χ0) is 14.3. The van der Waals surface area contributed by atoms with Crippen molar-refractivity contribution in [2.45, 2.75) is 25.7 Å². The van der Waals surface area contributed by atoms with E-state index in [4.69, 9.17) is 5.73 Å². The maximum absolute atomic E-state index is 11.3. The molecule has 0 radical (unpaired) electrons. The summed E-state index contributed by atoms with van der Waals surface area (Å²) in [5, 5.41) is 11.3. The maximum Gasteiger partial charge on any atom is 0.312 e. The Bertz CT molecular complexity index is 701. The second-order valence-corrected chi connectivity index (χ2v) is 4.80. The molecule has 2 aromatic rings. The number of fused-ring (bicyclic) bond motifs is 1. The third-order valence-corrected chi connectivity index (χ3v) is 3.57. The molecule has 102 valence electrons. The molecule has 7 nitrogen and oxygen atoms in total. The standard InChI is InChI=1S/C13H13N5O2/c1-7-12(18(19)20)11(17-13(14)16-7)9-5-4-8-3-2-6-15-10(8)9/h2-3,6,9H,4-5H2,1H3,(H2,14,16,17). The van der Waals surface area contributed by atoms with E-state index in [9.17, 15) is 10.1 Å². The first-order valence-corrected chi connectivity index (χ1v) is 6.30. The molecule has 0 saturated heterocycles. The first kappa shape index (κ1) is 12.5. The number of anilines is 1. The van der Waals surface area contributed by atoms with E-state index in [1.807, 2.05) is 12.1 Å². The van der Waals surface area contributed by atoms with E-state index in [0.29, 0.717) is 11.4 Å². The molecule has 2 heterocycles. The van der Waals surface area contributed by atoms with Gasteiger partial charge in [0.05, 0.1) is 16.5 Å². The highest BCUT2D eigenvalue weighted by atomic mass is 16.6. The molecule has 1 aliphatic rings. The predicted molar refractivity (Wildman–Crippen MR) is 72.2 cm³/mol. The van der Waals surface area contributed by atoms with Gasteiger partial charge in [-0.05, 0) is 31.4 Å². The molecule has 1 atom stereocenters. The maximum atomic E-state index is 11.3. The van der Waals surface area contributed by atoms with Gasteiger partial charge in [0.2, 0.25) is 5.95 Å². The lowest BCUT2D eigenvalue weighted by atomic mass is 10.00. The molecule has 0 saturated carbocycles. The molecule has 20 heavy (non-hydrogen) atoms. The fourth-order valence-corrected chi connectivity index (χ4v) is 2.76. The van der Waals surface area contributed by atoms with Crippen molar-refractivity contribution >= 4 is 11.6 Å². The largest absolute Gasteiger partial charge is 0.368 e. The summed E-state index contributed by atoms with van der Waals surface area (Å²) >= 11 is 0. The lowest BCUT2D eigenvalue weighted by molar-refractivity contribution is -0.386. The fourth-order valence-electron chi connectivity index (χ4n) is 2.76. The van der Waals surface area contributed by atoms with Crippen LogP contribution in [0.3, 0.4) is 0 Å². The normalized spacial score (nSPS) is 16.9. The van der Waals surface area contributed by atoms with Gasteiger partial charge in [-0.15, -0.1) is 0 Å². The number of aromatic nitrogens is 3. The van der Waals surface area contributed by atoms with E-state index in [-0.39, 0.29) is 17.6 Å². The van der Waals surface area contributed by atoms with E-state index in [1.54, 1.807) is 13.1 Å². The van der Waals surface area contributed by atoms with Crippen molar-refractivity contribution in [1.29, 1.82) is 0 Å². The minimum absolute atomic E-state index is 0.0531. The highest BCUT2D eigenvalue weighted by Crippen LogP contribution is 2.40. The molecule has 0 fully saturated rings. The van der Waals surface area contributed by atoms with E-state index in [2.05, 4.69) is 15.0 Å². The van der Waals surface area contributed by atoms with Gasteiger partial charge in [-0.2, -0.15) is 0 Å². The summed E-state index contributed by atoms with van der Waals surface area (Å²) in [5.41, 5.74) is 8.23. The average molecular weight is 271 g/mol. The van der Waals surface area contributed by atoms with Crippen molar-refractivity contribution in [3.05, 3.63) is 51.1 Å². The molecule has 7 heteroatoms. The van der Waals surface area contributed by atoms with E-state index in [0.717, 1.165) is 24.1 Å². The number of nitro groups is 1. The van der Waals surface area contributed by atoms with Crippen LogP contribution in [0.2, 0.25) is 0 Å². The van der Waals surface area contributed by atoms with Crippen molar-refractivity contribution in [1.82, 2.24) is 15.0 Å². The Morgan fingerprint density at radius 2 is 2.20 bits per heavy atom. The molecule has 1 aliphatic carbocycles. The van der Waals surface area contributed by atoms with Gasteiger partial charge < -0.3 is 5.73 Å². The molecule has 3 rings (SSSR count). The Morgan fingerprint density at radius 1 is 1.40 bits per heavy atom. The smallest absolute Gasteiger partial charge is 0.312 e. The van der Waals surface area contributed by atoms with Crippen molar-refractivity contribution < 1.29 is 4.92 Å². The van der Waals surface area contributed by atoms with Gasteiger partial charge in [0, 0.05) is 6.20 Å². The minimum atomic E-state index is -0.439. The van der Waals surface area contributed by atoms with Gasteiger partial charge in [-0.1, -0.05) is 6.07 Å². The molecule has 0 spiro atoms. The number of hydrogen-bond donors (Lipinski definition) is 1. The second kappa shape index (κ2) is 4.52. The third-order valence-electron chi connectivity index (χ3n) is 3.57. The summed E-state index contributed by atoms with van der Waals surface area (Å²) in [5.74, 6) is -0.122. The number of nitrogen functional groups attached to an aromatic ring is 1. The number of rotatable bonds is 2. The summed E-state index contributed by atoms with van der Waals surface area (Å²) in [4.78, 5) is 23.2. The molecular formula is C13H13N5O2. The second-order valence-electron chi connectivity index (χ2n) is 4.80. The lowest BCUT2D eigenvalue weighted by Gasteiger charge is -2.12. The molecule has 0 aromatic carbocycles. The number of nitrogens with two attached hydrogens (primary N) is 1. The Kier molecular flexibility index (Phi) is 2.81. The van der Waals surface area contributed by atoms with Crippen LogP contribution in [-0.2, 0) is 6.42 Å². The molecule has 0 amide bonds. The van der Waals surface area contributed by atoms with Crippen LogP contribution < -0.4 is 5.73 Å².